The summed E-state index contributed by atoms with van der Waals surface area (Å²) in [6.07, 6.45) is -9.38. The fourth-order valence-corrected chi connectivity index (χ4v) is 3.87. The topological polar surface area (TPSA) is 235 Å². The number of aliphatic carboxylic acids is 1. The molecule has 1 aliphatic rings. The molecule has 39 heavy (non-hydrogen) atoms. The second-order valence-corrected chi connectivity index (χ2v) is 8.73. The van der Waals surface area contributed by atoms with Gasteiger partial charge in [-0.05, 0) is 12.1 Å². The summed E-state index contributed by atoms with van der Waals surface area (Å²) in [4.78, 5) is 22.4. The fourth-order valence-electron chi connectivity index (χ4n) is 3.87. The van der Waals surface area contributed by atoms with Gasteiger partial charge in [-0.1, -0.05) is 0 Å². The number of benzene rings is 2. The number of aliphatic hydroxyl groups is 3. The van der Waals surface area contributed by atoms with E-state index < -0.39 is 79.3 Å². The Morgan fingerprint density at radius 3 is 2.31 bits per heavy atom. The van der Waals surface area contributed by atoms with E-state index in [-0.39, 0.29) is 33.8 Å². The zero-order valence-corrected chi connectivity index (χ0v) is 20.0. The first-order valence-corrected chi connectivity index (χ1v) is 11.5. The maximum atomic E-state index is 11.8. The average molecular weight is 549 g/mol. The van der Waals surface area contributed by atoms with E-state index in [2.05, 4.69) is 0 Å². The van der Waals surface area contributed by atoms with Crippen LogP contribution in [-0.2, 0) is 19.1 Å². The molecule has 0 amide bonds. The standard InChI is InChI=1S/C25H24O14/c26-11-6-14(28)12-8-17(24(37-16(12)7-11)10-1-2-13(27)15(29)5-10)38-25-23(35)22(34)21(33)18(39-25)9-36-20(32)4-3-19(30)31/h1-2,5-8,18,21-23,25,33-35H,3-4,9H2,(H4-,26,27,28,29,30,31)/p+1/t18-,21-,22+,23-,25-/m1/s1. The van der Waals surface area contributed by atoms with Crippen molar-refractivity contribution >= 4 is 22.9 Å². The molecule has 2 heterocycles. The van der Waals surface area contributed by atoms with E-state index in [9.17, 15) is 45.3 Å². The van der Waals surface area contributed by atoms with Crippen molar-refractivity contribution in [2.24, 2.45) is 0 Å². The largest absolute Gasteiger partial charge is 0.507 e. The van der Waals surface area contributed by atoms with E-state index in [1.807, 2.05) is 0 Å². The molecule has 0 aliphatic carbocycles. The molecular weight excluding hydrogens is 524 g/mol. The summed E-state index contributed by atoms with van der Waals surface area (Å²) in [6.45, 7) is -0.607. The van der Waals surface area contributed by atoms with Crippen LogP contribution in [0, 0.1) is 0 Å². The molecule has 1 saturated heterocycles. The Balaban J connectivity index is 1.66. The van der Waals surface area contributed by atoms with Crippen molar-refractivity contribution in [3.05, 3.63) is 36.4 Å². The Kier molecular flexibility index (Phi) is 7.92. The SMILES string of the molecule is O=C(O)CCC(=O)OC[C@H]1O[C@@H](Oc2cc3c(O)cc(O)cc3[o+]c2-c2ccc(O)c(O)c2)[C@H](O)[C@@H](O)[C@@H]1O. The van der Waals surface area contributed by atoms with Crippen LogP contribution in [0.2, 0.25) is 0 Å². The number of carbonyl (C=O) groups is 2. The van der Waals surface area contributed by atoms with Crippen molar-refractivity contribution < 1.29 is 69.1 Å². The maximum Gasteiger partial charge on any atom is 0.402 e. The molecule has 0 bridgehead atoms. The lowest BCUT2D eigenvalue weighted by atomic mass is 9.99. The number of aliphatic hydroxyl groups excluding tert-OH is 3. The van der Waals surface area contributed by atoms with Crippen molar-refractivity contribution in [1.82, 2.24) is 0 Å². The van der Waals surface area contributed by atoms with Gasteiger partial charge in [0, 0.05) is 18.2 Å². The number of hydrogen-bond donors (Lipinski definition) is 8. The number of fused-ring (bicyclic) bond motifs is 1. The average Bonchev–Trinajstić information content (AvgIpc) is 2.88. The second kappa shape index (κ2) is 11.2. The van der Waals surface area contributed by atoms with Gasteiger partial charge in [0.05, 0.1) is 24.5 Å². The second-order valence-electron chi connectivity index (χ2n) is 8.73. The van der Waals surface area contributed by atoms with Crippen molar-refractivity contribution in [2.75, 3.05) is 6.61 Å². The van der Waals surface area contributed by atoms with Gasteiger partial charge < -0.3 is 55.1 Å². The van der Waals surface area contributed by atoms with Gasteiger partial charge in [0.1, 0.15) is 47.9 Å². The number of phenols is 4. The van der Waals surface area contributed by atoms with Gasteiger partial charge in [-0.25, -0.2) is 4.42 Å². The molecule has 2 aromatic carbocycles. The third kappa shape index (κ3) is 6.04. The maximum absolute atomic E-state index is 11.8. The highest BCUT2D eigenvalue weighted by molar-refractivity contribution is 5.88. The summed E-state index contributed by atoms with van der Waals surface area (Å²) in [7, 11) is 0. The molecule has 1 aromatic heterocycles. The van der Waals surface area contributed by atoms with Crippen LogP contribution in [-0.4, -0.2) is 90.1 Å². The molecular formula is C25H25O14+. The van der Waals surface area contributed by atoms with E-state index in [0.717, 1.165) is 18.2 Å². The number of phenolic OH excluding ortho intramolecular Hbond substituents is 4. The summed E-state index contributed by atoms with van der Waals surface area (Å²) < 4.78 is 22.1. The highest BCUT2D eigenvalue weighted by atomic mass is 16.7. The van der Waals surface area contributed by atoms with Gasteiger partial charge in [-0.15, -0.1) is 0 Å². The molecule has 1 aliphatic heterocycles. The van der Waals surface area contributed by atoms with Crippen LogP contribution >= 0.6 is 0 Å². The third-order valence-electron chi connectivity index (χ3n) is 5.92. The minimum absolute atomic E-state index is 0.00543. The fraction of sp³-hybridized carbons (Fsp3) is 0.320. The highest BCUT2D eigenvalue weighted by Gasteiger charge is 2.46. The lowest BCUT2D eigenvalue weighted by Crippen LogP contribution is -2.60. The molecule has 208 valence electrons. The van der Waals surface area contributed by atoms with E-state index >= 15 is 0 Å². The van der Waals surface area contributed by atoms with Gasteiger partial charge >= 0.3 is 23.3 Å². The third-order valence-corrected chi connectivity index (χ3v) is 5.92. The van der Waals surface area contributed by atoms with Gasteiger partial charge in [0.15, 0.2) is 11.5 Å². The van der Waals surface area contributed by atoms with Crippen LogP contribution in [0.5, 0.6) is 28.7 Å². The minimum atomic E-state index is -1.83. The first-order chi connectivity index (χ1) is 18.4. The molecule has 0 saturated carbocycles. The van der Waals surface area contributed by atoms with E-state index in [0.29, 0.717) is 0 Å². The quantitative estimate of drug-likeness (QED) is 0.110. The number of aromatic hydroxyl groups is 4. The summed E-state index contributed by atoms with van der Waals surface area (Å²) in [5, 5.41) is 79.8. The van der Waals surface area contributed by atoms with Crippen LogP contribution in [0.4, 0.5) is 0 Å². The molecule has 0 spiro atoms. The predicted molar refractivity (Wildman–Crippen MR) is 128 cm³/mol. The zero-order chi connectivity index (χ0) is 28.4. The predicted octanol–water partition coefficient (Wildman–Crippen LogP) is 0.798. The van der Waals surface area contributed by atoms with Crippen LogP contribution in [0.15, 0.2) is 40.8 Å². The van der Waals surface area contributed by atoms with E-state index in [1.165, 1.54) is 18.2 Å². The van der Waals surface area contributed by atoms with Crippen molar-refractivity contribution in [3.8, 4) is 40.1 Å². The number of carboxylic acid groups (broad SMARTS) is 1. The Labute approximate surface area is 219 Å². The number of rotatable bonds is 8. The normalized spacial score (nSPS) is 22.9. The Hall–Kier alpha value is -4.37. The molecule has 14 heteroatoms. The van der Waals surface area contributed by atoms with Crippen LogP contribution in [0.25, 0.3) is 22.3 Å². The van der Waals surface area contributed by atoms with Gasteiger partial charge in [-0.2, -0.15) is 0 Å². The Bertz CT molecular complexity index is 1390. The molecule has 3 aromatic rings. The monoisotopic (exact) mass is 549 g/mol. The Morgan fingerprint density at radius 1 is 0.872 bits per heavy atom. The van der Waals surface area contributed by atoms with Crippen molar-refractivity contribution in [3.63, 3.8) is 0 Å². The van der Waals surface area contributed by atoms with Crippen LogP contribution < -0.4 is 4.74 Å². The van der Waals surface area contributed by atoms with E-state index in [4.69, 9.17) is 23.7 Å². The van der Waals surface area contributed by atoms with Crippen LogP contribution in [0.3, 0.4) is 0 Å². The molecule has 0 radical (unpaired) electrons. The lowest BCUT2D eigenvalue weighted by Gasteiger charge is -2.39. The molecule has 0 unspecified atom stereocenters. The number of hydrogen-bond acceptors (Lipinski definition) is 12. The van der Waals surface area contributed by atoms with Gasteiger partial charge in [0.25, 0.3) is 0 Å². The summed E-state index contributed by atoms with van der Waals surface area (Å²) >= 11 is 0. The Morgan fingerprint density at radius 2 is 1.62 bits per heavy atom. The molecule has 5 atom stereocenters. The van der Waals surface area contributed by atoms with Gasteiger partial charge in [-0.3, -0.25) is 9.59 Å². The van der Waals surface area contributed by atoms with Crippen LogP contribution in [0.1, 0.15) is 12.8 Å². The summed E-state index contributed by atoms with van der Waals surface area (Å²) in [5.74, 6) is -4.08. The summed E-state index contributed by atoms with van der Waals surface area (Å²) in [5.41, 5.74) is 0.147. The minimum Gasteiger partial charge on any atom is -0.507 e. The first kappa shape index (κ1) is 27.7. The van der Waals surface area contributed by atoms with Crippen molar-refractivity contribution in [1.29, 1.82) is 0 Å². The first-order valence-electron chi connectivity index (χ1n) is 11.5. The highest BCUT2D eigenvalue weighted by Crippen LogP contribution is 2.42. The number of esters is 1. The smallest absolute Gasteiger partial charge is 0.402 e. The van der Waals surface area contributed by atoms with Gasteiger partial charge in [0.2, 0.25) is 12.0 Å². The lowest BCUT2D eigenvalue weighted by molar-refractivity contribution is -0.278. The summed E-state index contributed by atoms with van der Waals surface area (Å²) in [6, 6.07) is 7.14. The van der Waals surface area contributed by atoms with Crippen molar-refractivity contribution in [2.45, 2.75) is 43.5 Å². The number of carbonyl (C=O) groups excluding carboxylic acids is 1. The zero-order valence-electron chi connectivity index (χ0n) is 20.0. The van der Waals surface area contributed by atoms with E-state index in [1.54, 1.807) is 0 Å². The molecule has 1 fully saturated rings. The molecule has 4 rings (SSSR count). The number of carboxylic acids is 1. The number of ether oxygens (including phenoxy) is 3. The molecule has 14 nitrogen and oxygen atoms in total. The molecule has 8 N–H and O–H groups in total.